The zero-order valence-electron chi connectivity index (χ0n) is 8.86. The van der Waals surface area contributed by atoms with Crippen LogP contribution in [0.5, 0.6) is 0 Å². The van der Waals surface area contributed by atoms with Crippen molar-refractivity contribution in [3.05, 3.63) is 22.7 Å². The number of H-pyrrole nitrogens is 1. The van der Waals surface area contributed by atoms with E-state index in [1.165, 1.54) is 6.33 Å². The summed E-state index contributed by atoms with van der Waals surface area (Å²) in [5.74, 6) is 1.45. The Morgan fingerprint density at radius 1 is 1.73 bits per heavy atom. The van der Waals surface area contributed by atoms with E-state index in [4.69, 9.17) is 0 Å². The molecule has 1 atom stereocenters. The molecule has 82 valence electrons. The van der Waals surface area contributed by atoms with E-state index in [1.807, 2.05) is 7.05 Å². The lowest BCUT2D eigenvalue weighted by Gasteiger charge is -2.16. The predicted molar refractivity (Wildman–Crippen MR) is 59.1 cm³/mol. The molecule has 1 aromatic heterocycles. The molecule has 1 saturated heterocycles. The summed E-state index contributed by atoms with van der Waals surface area (Å²) in [7, 11) is 1.97. The Kier molecular flexibility index (Phi) is 3.01. The fraction of sp³-hybridized carbons (Fsp3) is 0.600. The molecule has 1 fully saturated rings. The number of aromatic nitrogens is 2. The van der Waals surface area contributed by atoms with Crippen LogP contribution in [0.15, 0.2) is 17.2 Å². The van der Waals surface area contributed by atoms with Gasteiger partial charge in [-0.15, -0.1) is 0 Å². The maximum atomic E-state index is 11.1. The summed E-state index contributed by atoms with van der Waals surface area (Å²) in [4.78, 5) is 20.0. The van der Waals surface area contributed by atoms with Crippen molar-refractivity contribution in [3.63, 3.8) is 0 Å². The Bertz CT molecular complexity index is 376. The lowest BCUT2D eigenvalue weighted by atomic mass is 10.1. The predicted octanol–water partition coefficient (Wildman–Crippen LogP) is -0.184. The summed E-state index contributed by atoms with van der Waals surface area (Å²) in [5, 5.41) is 3.18. The minimum Gasteiger partial charge on any atom is -0.356 e. The monoisotopic (exact) mass is 208 g/mol. The Morgan fingerprint density at radius 2 is 2.60 bits per heavy atom. The van der Waals surface area contributed by atoms with Gasteiger partial charge in [-0.1, -0.05) is 0 Å². The minimum atomic E-state index is -0.0860. The second-order valence-corrected chi connectivity index (χ2v) is 3.93. The molecular weight excluding hydrogens is 192 g/mol. The second kappa shape index (κ2) is 4.44. The van der Waals surface area contributed by atoms with Crippen LogP contribution in [-0.2, 0) is 0 Å². The lowest BCUT2D eigenvalue weighted by molar-refractivity contribution is 0.549. The van der Waals surface area contributed by atoms with Gasteiger partial charge in [0.05, 0.1) is 6.33 Å². The van der Waals surface area contributed by atoms with Crippen LogP contribution >= 0.6 is 0 Å². The summed E-state index contributed by atoms with van der Waals surface area (Å²) in [6.07, 6.45) is 2.62. The molecule has 0 amide bonds. The van der Waals surface area contributed by atoms with Crippen molar-refractivity contribution in [3.8, 4) is 0 Å². The minimum absolute atomic E-state index is 0.0860. The molecule has 2 rings (SSSR count). The largest absolute Gasteiger partial charge is 0.356 e. The van der Waals surface area contributed by atoms with Crippen LogP contribution in [0.25, 0.3) is 0 Å². The van der Waals surface area contributed by atoms with Crippen LogP contribution in [0.2, 0.25) is 0 Å². The van der Waals surface area contributed by atoms with Gasteiger partial charge in [0.2, 0.25) is 0 Å². The van der Waals surface area contributed by atoms with Crippen molar-refractivity contribution in [1.82, 2.24) is 15.3 Å². The average Bonchev–Trinajstić information content (AvgIpc) is 2.67. The van der Waals surface area contributed by atoms with Gasteiger partial charge in [-0.2, -0.15) is 0 Å². The number of nitrogens with zero attached hydrogens (tertiary/aromatic N) is 2. The third kappa shape index (κ3) is 2.36. The molecule has 5 heteroatoms. The first-order valence-electron chi connectivity index (χ1n) is 5.24. The molecule has 2 N–H and O–H groups in total. The molecule has 1 aromatic rings. The van der Waals surface area contributed by atoms with Crippen molar-refractivity contribution in [1.29, 1.82) is 0 Å². The maximum absolute atomic E-state index is 11.1. The smallest absolute Gasteiger partial charge is 0.252 e. The fourth-order valence-corrected chi connectivity index (χ4v) is 2.03. The highest BCUT2D eigenvalue weighted by atomic mass is 16.1. The van der Waals surface area contributed by atoms with Crippen LogP contribution in [0.4, 0.5) is 5.82 Å². The molecule has 0 radical (unpaired) electrons. The molecule has 0 bridgehead atoms. The average molecular weight is 208 g/mol. The second-order valence-electron chi connectivity index (χ2n) is 3.93. The van der Waals surface area contributed by atoms with E-state index >= 15 is 0 Å². The molecule has 0 aliphatic carbocycles. The van der Waals surface area contributed by atoms with E-state index in [0.717, 1.165) is 31.9 Å². The summed E-state index contributed by atoms with van der Waals surface area (Å²) < 4.78 is 0. The fourth-order valence-electron chi connectivity index (χ4n) is 2.03. The third-order valence-corrected chi connectivity index (χ3v) is 2.77. The SMILES string of the molecule is CNCC1CCN(c2cc(=O)[nH]cn2)C1. The number of hydrogen-bond acceptors (Lipinski definition) is 4. The number of anilines is 1. The first-order chi connectivity index (χ1) is 7.29. The van der Waals surface area contributed by atoms with E-state index in [0.29, 0.717) is 5.92 Å². The molecule has 0 aromatic carbocycles. The standard InChI is InChI=1S/C10H16N4O/c1-11-5-8-2-3-14(6-8)9-4-10(15)13-7-12-9/h4,7-8,11H,2-3,5-6H2,1H3,(H,12,13,15). The first kappa shape index (κ1) is 10.2. The topological polar surface area (TPSA) is 61.0 Å². The molecule has 15 heavy (non-hydrogen) atoms. The number of aromatic amines is 1. The van der Waals surface area contributed by atoms with Crippen molar-refractivity contribution >= 4 is 5.82 Å². The molecule has 2 heterocycles. The molecular formula is C10H16N4O. The van der Waals surface area contributed by atoms with Crippen molar-refractivity contribution < 1.29 is 0 Å². The van der Waals surface area contributed by atoms with Crippen molar-refractivity contribution in [2.45, 2.75) is 6.42 Å². The van der Waals surface area contributed by atoms with Gasteiger partial charge in [0, 0.05) is 19.2 Å². The highest BCUT2D eigenvalue weighted by molar-refractivity contribution is 5.37. The maximum Gasteiger partial charge on any atom is 0.252 e. The van der Waals surface area contributed by atoms with Gasteiger partial charge in [-0.05, 0) is 25.9 Å². The first-order valence-corrected chi connectivity index (χ1v) is 5.24. The molecule has 0 spiro atoms. The van der Waals surface area contributed by atoms with E-state index in [2.05, 4.69) is 20.2 Å². The van der Waals surface area contributed by atoms with E-state index in [1.54, 1.807) is 6.07 Å². The Morgan fingerprint density at radius 3 is 3.33 bits per heavy atom. The van der Waals surface area contributed by atoms with E-state index < -0.39 is 0 Å². The van der Waals surface area contributed by atoms with Crippen LogP contribution in [-0.4, -0.2) is 36.6 Å². The quantitative estimate of drug-likeness (QED) is 0.723. The Hall–Kier alpha value is -1.36. The van der Waals surface area contributed by atoms with Gasteiger partial charge in [0.15, 0.2) is 0 Å². The summed E-state index contributed by atoms with van der Waals surface area (Å²) in [6.45, 7) is 3.00. The molecule has 5 nitrogen and oxygen atoms in total. The van der Waals surface area contributed by atoms with Crippen molar-refractivity contribution in [2.75, 3.05) is 31.6 Å². The van der Waals surface area contributed by atoms with Crippen LogP contribution in [0.1, 0.15) is 6.42 Å². The highest BCUT2D eigenvalue weighted by Gasteiger charge is 2.22. The lowest BCUT2D eigenvalue weighted by Crippen LogP contribution is -2.25. The summed E-state index contributed by atoms with van der Waals surface area (Å²) in [5.41, 5.74) is -0.0860. The van der Waals surface area contributed by atoms with E-state index in [-0.39, 0.29) is 5.56 Å². The third-order valence-electron chi connectivity index (χ3n) is 2.77. The van der Waals surface area contributed by atoms with Gasteiger partial charge in [0.25, 0.3) is 5.56 Å². The summed E-state index contributed by atoms with van der Waals surface area (Å²) >= 11 is 0. The van der Waals surface area contributed by atoms with Crippen LogP contribution < -0.4 is 15.8 Å². The highest BCUT2D eigenvalue weighted by Crippen LogP contribution is 2.19. The number of rotatable bonds is 3. The molecule has 1 aliphatic heterocycles. The van der Waals surface area contributed by atoms with Gasteiger partial charge < -0.3 is 15.2 Å². The van der Waals surface area contributed by atoms with Gasteiger partial charge in [-0.25, -0.2) is 4.98 Å². The summed E-state index contributed by atoms with van der Waals surface area (Å²) in [6, 6.07) is 1.56. The number of nitrogens with one attached hydrogen (secondary N) is 2. The Balaban J connectivity index is 2.04. The zero-order chi connectivity index (χ0) is 10.7. The Labute approximate surface area is 88.5 Å². The van der Waals surface area contributed by atoms with Crippen molar-refractivity contribution in [2.24, 2.45) is 5.92 Å². The molecule has 0 saturated carbocycles. The van der Waals surface area contributed by atoms with Gasteiger partial charge >= 0.3 is 0 Å². The zero-order valence-corrected chi connectivity index (χ0v) is 8.86. The molecule has 1 aliphatic rings. The van der Waals surface area contributed by atoms with Crippen LogP contribution in [0, 0.1) is 5.92 Å². The van der Waals surface area contributed by atoms with Gasteiger partial charge in [0.1, 0.15) is 5.82 Å². The molecule has 1 unspecified atom stereocenters. The van der Waals surface area contributed by atoms with Gasteiger partial charge in [-0.3, -0.25) is 4.79 Å². The van der Waals surface area contributed by atoms with E-state index in [9.17, 15) is 4.79 Å². The van der Waals surface area contributed by atoms with Crippen LogP contribution in [0.3, 0.4) is 0 Å². The normalized spacial score (nSPS) is 20.9. The number of hydrogen-bond donors (Lipinski definition) is 2.